The molecule has 100 valence electrons. The van der Waals surface area contributed by atoms with Crippen molar-refractivity contribution in [2.24, 2.45) is 7.05 Å². The number of halogens is 1. The monoisotopic (exact) mass is 340 g/mol. The Bertz CT molecular complexity index is 569. The third kappa shape index (κ3) is 3.81. The van der Waals surface area contributed by atoms with Gasteiger partial charge in [0.05, 0.1) is 5.25 Å². The largest absolute Gasteiger partial charge is 0.325 e. The van der Waals surface area contributed by atoms with Crippen LogP contribution in [0.4, 0.5) is 5.69 Å². The van der Waals surface area contributed by atoms with Gasteiger partial charge >= 0.3 is 0 Å². The summed E-state index contributed by atoms with van der Waals surface area (Å²) in [5, 5.41) is 11.1. The fraction of sp³-hybridized carbons (Fsp3) is 0.250. The fourth-order valence-electron chi connectivity index (χ4n) is 1.37. The lowest BCUT2D eigenvalue weighted by atomic mass is 10.3. The smallest absolute Gasteiger partial charge is 0.237 e. The molecule has 7 heteroatoms. The van der Waals surface area contributed by atoms with Gasteiger partial charge in [0.1, 0.15) is 6.33 Å². The predicted octanol–water partition coefficient (Wildman–Crippen LogP) is 2.70. The van der Waals surface area contributed by atoms with E-state index in [9.17, 15) is 4.79 Å². The molecule has 1 aromatic heterocycles. The maximum Gasteiger partial charge on any atom is 0.237 e. The van der Waals surface area contributed by atoms with E-state index >= 15 is 0 Å². The van der Waals surface area contributed by atoms with E-state index in [1.165, 1.54) is 11.8 Å². The molecule has 1 N–H and O–H groups in total. The Kier molecular flexibility index (Phi) is 4.60. The summed E-state index contributed by atoms with van der Waals surface area (Å²) in [4.78, 5) is 12.0. The highest BCUT2D eigenvalue weighted by atomic mass is 79.9. The second-order valence-corrected chi connectivity index (χ2v) is 6.20. The molecule has 19 heavy (non-hydrogen) atoms. The topological polar surface area (TPSA) is 59.8 Å². The quantitative estimate of drug-likeness (QED) is 0.869. The van der Waals surface area contributed by atoms with Gasteiger partial charge in [0.25, 0.3) is 0 Å². The molecular formula is C12H13BrN4OS. The first-order valence-electron chi connectivity index (χ1n) is 5.63. The van der Waals surface area contributed by atoms with E-state index in [4.69, 9.17) is 0 Å². The number of carbonyl (C=O) groups is 1. The molecule has 1 unspecified atom stereocenters. The van der Waals surface area contributed by atoms with Crippen LogP contribution in [0.2, 0.25) is 0 Å². The van der Waals surface area contributed by atoms with Crippen molar-refractivity contribution in [2.75, 3.05) is 5.32 Å². The molecule has 0 spiro atoms. The lowest BCUT2D eigenvalue weighted by Gasteiger charge is -2.11. The Morgan fingerprint density at radius 1 is 1.42 bits per heavy atom. The average Bonchev–Trinajstić information content (AvgIpc) is 2.78. The molecular weight excluding hydrogens is 328 g/mol. The number of benzene rings is 1. The number of nitrogens with zero attached hydrogens (tertiary/aromatic N) is 3. The highest BCUT2D eigenvalue weighted by molar-refractivity contribution is 9.10. The Morgan fingerprint density at radius 3 is 2.68 bits per heavy atom. The number of hydrogen-bond acceptors (Lipinski definition) is 4. The third-order valence-electron chi connectivity index (χ3n) is 2.43. The molecule has 0 fully saturated rings. The van der Waals surface area contributed by atoms with Crippen LogP contribution in [-0.2, 0) is 11.8 Å². The van der Waals surface area contributed by atoms with Crippen LogP contribution in [0.3, 0.4) is 0 Å². The molecule has 5 nitrogen and oxygen atoms in total. The van der Waals surface area contributed by atoms with E-state index in [1.807, 2.05) is 38.2 Å². The van der Waals surface area contributed by atoms with E-state index < -0.39 is 0 Å². The van der Waals surface area contributed by atoms with Gasteiger partial charge in [-0.3, -0.25) is 4.79 Å². The first-order valence-corrected chi connectivity index (χ1v) is 7.30. The molecule has 0 saturated carbocycles. The average molecular weight is 341 g/mol. The van der Waals surface area contributed by atoms with Crippen molar-refractivity contribution in [1.82, 2.24) is 14.8 Å². The van der Waals surface area contributed by atoms with E-state index in [0.717, 1.165) is 15.3 Å². The van der Waals surface area contributed by atoms with Crippen LogP contribution in [-0.4, -0.2) is 25.9 Å². The number of thioether (sulfide) groups is 1. The van der Waals surface area contributed by atoms with Gasteiger partial charge in [-0.1, -0.05) is 27.7 Å². The molecule has 0 aliphatic rings. The van der Waals surface area contributed by atoms with Crippen molar-refractivity contribution >= 4 is 39.3 Å². The second kappa shape index (κ2) is 6.21. The van der Waals surface area contributed by atoms with E-state index in [0.29, 0.717) is 0 Å². The molecule has 0 saturated heterocycles. The summed E-state index contributed by atoms with van der Waals surface area (Å²) >= 11 is 4.73. The summed E-state index contributed by atoms with van der Waals surface area (Å²) in [5.74, 6) is -0.0599. The van der Waals surface area contributed by atoms with Gasteiger partial charge < -0.3 is 9.88 Å². The maximum atomic E-state index is 12.0. The molecule has 0 aliphatic heterocycles. The Labute approximate surface area is 123 Å². The lowest BCUT2D eigenvalue weighted by molar-refractivity contribution is -0.115. The minimum absolute atomic E-state index is 0.0599. The van der Waals surface area contributed by atoms with Gasteiger partial charge in [0.15, 0.2) is 5.16 Å². The molecule has 1 aromatic carbocycles. The standard InChI is InChI=1S/C12H13BrN4OS/c1-8(19-12-16-14-7-17(12)2)11(18)15-10-5-3-9(13)4-6-10/h3-8H,1-2H3,(H,15,18). The minimum Gasteiger partial charge on any atom is -0.325 e. The van der Waals surface area contributed by atoms with Crippen molar-refractivity contribution in [3.8, 4) is 0 Å². The van der Waals surface area contributed by atoms with Gasteiger partial charge in [-0.25, -0.2) is 0 Å². The summed E-state index contributed by atoms with van der Waals surface area (Å²) in [6.45, 7) is 1.84. The third-order valence-corrected chi connectivity index (χ3v) is 4.11. The van der Waals surface area contributed by atoms with Crippen molar-refractivity contribution in [2.45, 2.75) is 17.3 Å². The number of nitrogens with one attached hydrogen (secondary N) is 1. The van der Waals surface area contributed by atoms with E-state index in [1.54, 1.807) is 10.9 Å². The molecule has 1 amide bonds. The molecule has 2 rings (SSSR count). The Balaban J connectivity index is 1.96. The molecule has 1 heterocycles. The summed E-state index contributed by atoms with van der Waals surface area (Å²) in [6, 6.07) is 7.47. The fourth-order valence-corrected chi connectivity index (χ4v) is 2.42. The highest BCUT2D eigenvalue weighted by Crippen LogP contribution is 2.21. The van der Waals surface area contributed by atoms with Crippen molar-refractivity contribution in [3.63, 3.8) is 0 Å². The summed E-state index contributed by atoms with van der Waals surface area (Å²) in [6.07, 6.45) is 1.61. The number of aromatic nitrogens is 3. The van der Waals surface area contributed by atoms with Gasteiger partial charge in [0.2, 0.25) is 5.91 Å². The number of amides is 1. The highest BCUT2D eigenvalue weighted by Gasteiger charge is 2.17. The summed E-state index contributed by atoms with van der Waals surface area (Å²) < 4.78 is 2.76. The number of rotatable bonds is 4. The molecule has 2 aromatic rings. The van der Waals surface area contributed by atoms with Crippen LogP contribution in [0.15, 0.2) is 40.2 Å². The summed E-state index contributed by atoms with van der Waals surface area (Å²) in [5.41, 5.74) is 0.776. The molecule has 0 radical (unpaired) electrons. The van der Waals surface area contributed by atoms with Gasteiger partial charge in [-0.2, -0.15) is 0 Å². The number of anilines is 1. The van der Waals surface area contributed by atoms with E-state index in [2.05, 4.69) is 31.4 Å². The Hall–Kier alpha value is -1.34. The van der Waals surface area contributed by atoms with Crippen LogP contribution in [0, 0.1) is 0 Å². The van der Waals surface area contributed by atoms with Crippen molar-refractivity contribution in [1.29, 1.82) is 0 Å². The summed E-state index contributed by atoms with van der Waals surface area (Å²) in [7, 11) is 1.85. The zero-order chi connectivity index (χ0) is 13.8. The number of aryl methyl sites for hydroxylation is 1. The normalized spacial score (nSPS) is 12.2. The zero-order valence-corrected chi connectivity index (χ0v) is 12.9. The minimum atomic E-state index is -0.244. The van der Waals surface area contributed by atoms with E-state index in [-0.39, 0.29) is 11.2 Å². The first kappa shape index (κ1) is 14.1. The SMILES string of the molecule is CC(Sc1nncn1C)C(=O)Nc1ccc(Br)cc1. The Morgan fingerprint density at radius 2 is 2.11 bits per heavy atom. The van der Waals surface area contributed by atoms with Crippen LogP contribution >= 0.6 is 27.7 Å². The molecule has 1 atom stereocenters. The zero-order valence-electron chi connectivity index (χ0n) is 10.5. The lowest BCUT2D eigenvalue weighted by Crippen LogP contribution is -2.22. The first-order chi connectivity index (χ1) is 9.06. The number of hydrogen-bond donors (Lipinski definition) is 1. The van der Waals surface area contributed by atoms with Crippen LogP contribution < -0.4 is 5.32 Å². The van der Waals surface area contributed by atoms with Crippen LogP contribution in [0.1, 0.15) is 6.92 Å². The molecule has 0 aliphatic carbocycles. The second-order valence-electron chi connectivity index (χ2n) is 3.98. The van der Waals surface area contributed by atoms with Gasteiger partial charge in [-0.15, -0.1) is 10.2 Å². The van der Waals surface area contributed by atoms with Gasteiger partial charge in [0, 0.05) is 17.2 Å². The van der Waals surface area contributed by atoms with Crippen LogP contribution in [0.5, 0.6) is 0 Å². The van der Waals surface area contributed by atoms with Gasteiger partial charge in [-0.05, 0) is 31.2 Å². The maximum absolute atomic E-state index is 12.0. The van der Waals surface area contributed by atoms with Crippen LogP contribution in [0.25, 0.3) is 0 Å². The number of carbonyl (C=O) groups excluding carboxylic acids is 1. The van der Waals surface area contributed by atoms with Crippen molar-refractivity contribution in [3.05, 3.63) is 35.1 Å². The predicted molar refractivity (Wildman–Crippen MR) is 79.1 cm³/mol. The molecule has 0 bridgehead atoms. The van der Waals surface area contributed by atoms with Crippen molar-refractivity contribution < 1.29 is 4.79 Å².